The predicted molar refractivity (Wildman–Crippen MR) is 122 cm³/mol. The van der Waals surface area contributed by atoms with Crippen LogP contribution < -0.4 is 18.5 Å². The summed E-state index contributed by atoms with van der Waals surface area (Å²) in [5.74, 6) is -1.69. The van der Waals surface area contributed by atoms with Crippen LogP contribution in [0.4, 0.5) is 10.1 Å². The standard InChI is InChI=1S/C23H28FNO7S/c1-6-11-33(28,29)25(16-7-9-20(30-3)18(24)13-16)23(27)10-8-19(26)17-14-21(31-4)15(2)12-22(17)32-5/h7,9,12-14H,6,8,10-11H2,1-5H3. The van der Waals surface area contributed by atoms with Crippen molar-refractivity contribution >= 4 is 27.4 Å². The fraction of sp³-hybridized carbons (Fsp3) is 0.391. The number of halogens is 1. The number of ketones is 1. The molecule has 180 valence electrons. The first-order valence-corrected chi connectivity index (χ1v) is 11.9. The van der Waals surface area contributed by atoms with Gasteiger partial charge in [0, 0.05) is 18.9 Å². The minimum absolute atomic E-state index is 0.0883. The maximum absolute atomic E-state index is 14.2. The molecule has 0 saturated heterocycles. The normalized spacial score (nSPS) is 11.1. The third-order valence-corrected chi connectivity index (χ3v) is 6.81. The molecule has 10 heteroatoms. The number of aryl methyl sites for hydroxylation is 1. The van der Waals surface area contributed by atoms with E-state index in [2.05, 4.69) is 0 Å². The fourth-order valence-electron chi connectivity index (χ4n) is 3.32. The van der Waals surface area contributed by atoms with E-state index >= 15 is 0 Å². The first kappa shape index (κ1) is 26.1. The second-order valence-corrected chi connectivity index (χ2v) is 9.18. The molecule has 0 N–H and O–H groups in total. The number of ether oxygens (including phenoxy) is 3. The van der Waals surface area contributed by atoms with Gasteiger partial charge in [-0.05, 0) is 43.2 Å². The lowest BCUT2D eigenvalue weighted by Crippen LogP contribution is -2.38. The minimum Gasteiger partial charge on any atom is -0.496 e. The highest BCUT2D eigenvalue weighted by Crippen LogP contribution is 2.30. The monoisotopic (exact) mass is 481 g/mol. The maximum atomic E-state index is 14.2. The van der Waals surface area contributed by atoms with Gasteiger partial charge in [0.2, 0.25) is 15.9 Å². The van der Waals surface area contributed by atoms with Crippen molar-refractivity contribution in [2.45, 2.75) is 33.1 Å². The van der Waals surface area contributed by atoms with Crippen LogP contribution in [0.3, 0.4) is 0 Å². The average Bonchev–Trinajstić information content (AvgIpc) is 2.77. The van der Waals surface area contributed by atoms with Crippen LogP contribution in [0.25, 0.3) is 0 Å². The van der Waals surface area contributed by atoms with Crippen LogP contribution in [0.15, 0.2) is 30.3 Å². The van der Waals surface area contributed by atoms with E-state index in [4.69, 9.17) is 14.2 Å². The number of carbonyl (C=O) groups is 2. The largest absolute Gasteiger partial charge is 0.496 e. The molecule has 0 aliphatic heterocycles. The van der Waals surface area contributed by atoms with E-state index in [1.165, 1.54) is 39.5 Å². The number of sulfonamides is 1. The molecule has 2 aromatic rings. The van der Waals surface area contributed by atoms with Gasteiger partial charge in [0.1, 0.15) is 11.5 Å². The number of rotatable bonds is 11. The Kier molecular flexibility index (Phi) is 8.81. The number of methoxy groups -OCH3 is 3. The van der Waals surface area contributed by atoms with Crippen molar-refractivity contribution in [2.75, 3.05) is 31.4 Å². The lowest BCUT2D eigenvalue weighted by atomic mass is 10.0. The van der Waals surface area contributed by atoms with E-state index < -0.39 is 34.0 Å². The van der Waals surface area contributed by atoms with Gasteiger partial charge < -0.3 is 14.2 Å². The lowest BCUT2D eigenvalue weighted by Gasteiger charge is -2.23. The smallest absolute Gasteiger partial charge is 0.241 e. The van der Waals surface area contributed by atoms with Crippen LogP contribution in [-0.4, -0.2) is 47.2 Å². The summed E-state index contributed by atoms with van der Waals surface area (Å²) in [7, 11) is 0.0766. The highest BCUT2D eigenvalue weighted by Gasteiger charge is 2.30. The molecule has 8 nitrogen and oxygen atoms in total. The van der Waals surface area contributed by atoms with Crippen molar-refractivity contribution in [3.63, 3.8) is 0 Å². The van der Waals surface area contributed by atoms with Crippen LogP contribution in [-0.2, 0) is 14.8 Å². The second kappa shape index (κ2) is 11.1. The van der Waals surface area contributed by atoms with E-state index in [9.17, 15) is 22.4 Å². The van der Waals surface area contributed by atoms with E-state index in [1.807, 2.05) is 0 Å². The molecule has 1 amide bonds. The molecule has 0 saturated carbocycles. The Balaban J connectivity index is 2.34. The van der Waals surface area contributed by atoms with Gasteiger partial charge in [-0.15, -0.1) is 0 Å². The topological polar surface area (TPSA) is 99.2 Å². The summed E-state index contributed by atoms with van der Waals surface area (Å²) in [6, 6.07) is 6.60. The van der Waals surface area contributed by atoms with Gasteiger partial charge in [0.05, 0.1) is 38.3 Å². The molecule has 0 aliphatic rings. The minimum atomic E-state index is -4.08. The van der Waals surface area contributed by atoms with Crippen molar-refractivity contribution in [1.29, 1.82) is 0 Å². The van der Waals surface area contributed by atoms with Crippen LogP contribution in [0.5, 0.6) is 17.2 Å². The first-order valence-electron chi connectivity index (χ1n) is 10.2. The predicted octanol–water partition coefficient (Wildman–Crippen LogP) is 3.90. The highest BCUT2D eigenvalue weighted by molar-refractivity contribution is 7.93. The molecule has 0 atom stereocenters. The van der Waals surface area contributed by atoms with Crippen molar-refractivity contribution in [3.8, 4) is 17.2 Å². The Hall–Kier alpha value is -3.14. The molecule has 0 aromatic heterocycles. The van der Waals surface area contributed by atoms with Crippen LogP contribution in [0.1, 0.15) is 42.1 Å². The molecule has 33 heavy (non-hydrogen) atoms. The van der Waals surface area contributed by atoms with E-state index in [1.54, 1.807) is 19.9 Å². The molecule has 0 spiro atoms. The molecule has 2 rings (SSSR count). The van der Waals surface area contributed by atoms with Crippen LogP contribution >= 0.6 is 0 Å². The zero-order chi connectivity index (χ0) is 24.8. The Morgan fingerprint density at radius 3 is 2.12 bits per heavy atom. The molecule has 2 aromatic carbocycles. The van der Waals surface area contributed by atoms with E-state index in [0.717, 1.165) is 11.6 Å². The molecule has 0 fully saturated rings. The molecule has 0 aliphatic carbocycles. The van der Waals surface area contributed by atoms with Gasteiger partial charge in [-0.2, -0.15) is 0 Å². The Labute approximate surface area is 193 Å². The van der Waals surface area contributed by atoms with Gasteiger partial charge in [-0.1, -0.05) is 6.92 Å². The summed E-state index contributed by atoms with van der Waals surface area (Å²) in [5.41, 5.74) is 0.820. The van der Waals surface area contributed by atoms with Gasteiger partial charge in [-0.3, -0.25) is 9.59 Å². The van der Waals surface area contributed by atoms with E-state index in [0.29, 0.717) is 15.8 Å². The van der Waals surface area contributed by atoms with Crippen LogP contribution in [0, 0.1) is 12.7 Å². The van der Waals surface area contributed by atoms with Crippen molar-refractivity contribution < 1.29 is 36.6 Å². The van der Waals surface area contributed by atoms with Crippen LogP contribution in [0.2, 0.25) is 0 Å². The number of anilines is 1. The number of carbonyl (C=O) groups excluding carboxylic acids is 2. The Bertz CT molecular complexity index is 1130. The average molecular weight is 482 g/mol. The molecule has 0 bridgehead atoms. The summed E-state index contributed by atoms with van der Waals surface area (Å²) >= 11 is 0. The second-order valence-electron chi connectivity index (χ2n) is 7.24. The number of benzene rings is 2. The summed E-state index contributed by atoms with van der Waals surface area (Å²) in [5, 5.41) is 0. The summed E-state index contributed by atoms with van der Waals surface area (Å²) in [6.45, 7) is 3.44. The molecule has 0 unspecified atom stereocenters. The number of nitrogens with zero attached hydrogens (tertiary/aromatic N) is 1. The first-order chi connectivity index (χ1) is 15.6. The Morgan fingerprint density at radius 2 is 1.58 bits per heavy atom. The summed E-state index contributed by atoms with van der Waals surface area (Å²) in [6.07, 6.45) is -0.434. The number of hydrogen-bond donors (Lipinski definition) is 0. The number of amides is 1. The third kappa shape index (κ3) is 6.01. The fourth-order valence-corrected chi connectivity index (χ4v) is 4.85. The zero-order valence-corrected chi connectivity index (χ0v) is 20.1. The van der Waals surface area contributed by atoms with Crippen molar-refractivity contribution in [1.82, 2.24) is 0 Å². The highest BCUT2D eigenvalue weighted by atomic mass is 32.2. The maximum Gasteiger partial charge on any atom is 0.241 e. The lowest BCUT2D eigenvalue weighted by molar-refractivity contribution is -0.117. The number of Topliss-reactive ketones (excluding diaryl/α,β-unsaturated/α-hetero) is 1. The number of hydrogen-bond acceptors (Lipinski definition) is 7. The van der Waals surface area contributed by atoms with Gasteiger partial charge in [-0.25, -0.2) is 17.1 Å². The van der Waals surface area contributed by atoms with E-state index in [-0.39, 0.29) is 35.6 Å². The SMILES string of the molecule is CCCS(=O)(=O)N(C(=O)CCC(=O)c1cc(OC)c(C)cc1OC)c1ccc(OC)c(F)c1. The van der Waals surface area contributed by atoms with Gasteiger partial charge in [0.15, 0.2) is 17.3 Å². The Morgan fingerprint density at radius 1 is 0.939 bits per heavy atom. The molecular weight excluding hydrogens is 453 g/mol. The van der Waals surface area contributed by atoms with Gasteiger partial charge >= 0.3 is 0 Å². The van der Waals surface area contributed by atoms with Crippen molar-refractivity contribution in [2.24, 2.45) is 0 Å². The molecule has 0 radical (unpaired) electrons. The third-order valence-electron chi connectivity index (χ3n) is 4.92. The van der Waals surface area contributed by atoms with Crippen molar-refractivity contribution in [3.05, 3.63) is 47.3 Å². The summed E-state index contributed by atoms with van der Waals surface area (Å²) in [4.78, 5) is 25.8. The quantitative estimate of drug-likeness (QED) is 0.449. The molecular formula is C23H28FNO7S. The molecule has 0 heterocycles. The van der Waals surface area contributed by atoms with Gasteiger partial charge in [0.25, 0.3) is 0 Å². The zero-order valence-electron chi connectivity index (χ0n) is 19.3. The summed E-state index contributed by atoms with van der Waals surface area (Å²) < 4.78 is 55.8.